The monoisotopic (exact) mass is 222 g/mol. The minimum Gasteiger partial charge on any atom is -0.308 e. The Labute approximate surface area is 93.4 Å². The van der Waals surface area contributed by atoms with Crippen LogP contribution in [0.5, 0.6) is 0 Å². The number of imide groups is 1. The third-order valence-electron chi connectivity index (χ3n) is 2.69. The maximum absolute atomic E-state index is 11.9. The van der Waals surface area contributed by atoms with Gasteiger partial charge in [0.05, 0.1) is 0 Å². The van der Waals surface area contributed by atoms with Crippen LogP contribution in [0.25, 0.3) is 0 Å². The average molecular weight is 222 g/mol. The number of hydrogen-bond donors (Lipinski definition) is 1. The molecule has 1 saturated heterocycles. The summed E-state index contributed by atoms with van der Waals surface area (Å²) in [7, 11) is 1.43. The zero-order valence-corrected chi connectivity index (χ0v) is 9.52. The fourth-order valence-corrected chi connectivity index (χ4v) is 1.98. The molecule has 86 valence electrons. The Hall–Kier alpha value is -1.72. The molecule has 2 aliphatic heterocycles. The maximum Gasteiger partial charge on any atom is 0.326 e. The van der Waals surface area contributed by atoms with Crippen molar-refractivity contribution in [3.63, 3.8) is 0 Å². The molecule has 0 bridgehead atoms. The number of hydrogen-bond acceptors (Lipinski definition) is 4. The van der Waals surface area contributed by atoms with Crippen molar-refractivity contribution in [2.45, 2.75) is 25.9 Å². The Balaban J connectivity index is 2.37. The lowest BCUT2D eigenvalue weighted by atomic mass is 9.91. The molecule has 0 aliphatic carbocycles. The number of urea groups is 1. The first-order chi connectivity index (χ1) is 7.46. The first kappa shape index (κ1) is 10.8. The Morgan fingerprint density at radius 3 is 2.81 bits per heavy atom. The van der Waals surface area contributed by atoms with Crippen LogP contribution in [-0.2, 0) is 4.79 Å². The van der Waals surface area contributed by atoms with Crippen LogP contribution in [0.2, 0.25) is 0 Å². The van der Waals surface area contributed by atoms with Gasteiger partial charge in [0, 0.05) is 7.05 Å². The highest BCUT2D eigenvalue weighted by Crippen LogP contribution is 2.27. The van der Waals surface area contributed by atoms with Crippen molar-refractivity contribution in [2.24, 2.45) is 15.9 Å². The molecule has 1 unspecified atom stereocenters. The molecule has 1 N–H and O–H groups in total. The number of carbonyl (C=O) groups is 2. The SMILES string of the molecule is CC(C)CC12N=CN=C1C(=O)N(C)C(=O)N2. The minimum atomic E-state index is -0.936. The van der Waals surface area contributed by atoms with Crippen LogP contribution in [0.15, 0.2) is 9.98 Å². The van der Waals surface area contributed by atoms with E-state index in [-0.39, 0.29) is 5.91 Å². The fourth-order valence-electron chi connectivity index (χ4n) is 1.98. The van der Waals surface area contributed by atoms with Gasteiger partial charge in [0.2, 0.25) is 0 Å². The molecule has 3 amide bonds. The van der Waals surface area contributed by atoms with Gasteiger partial charge in [-0.15, -0.1) is 0 Å². The highest BCUT2D eigenvalue weighted by atomic mass is 16.2. The van der Waals surface area contributed by atoms with Gasteiger partial charge < -0.3 is 5.32 Å². The summed E-state index contributed by atoms with van der Waals surface area (Å²) in [6.45, 7) is 4.02. The molecule has 0 saturated carbocycles. The summed E-state index contributed by atoms with van der Waals surface area (Å²) in [6, 6.07) is -0.427. The summed E-state index contributed by atoms with van der Waals surface area (Å²) >= 11 is 0. The Morgan fingerprint density at radius 2 is 2.19 bits per heavy atom. The molecule has 0 radical (unpaired) electrons. The number of nitrogens with zero attached hydrogens (tertiary/aromatic N) is 3. The van der Waals surface area contributed by atoms with Crippen molar-refractivity contribution >= 4 is 24.0 Å². The maximum atomic E-state index is 11.9. The molecule has 0 aromatic rings. The van der Waals surface area contributed by atoms with Crippen LogP contribution in [0, 0.1) is 5.92 Å². The molecular weight excluding hydrogens is 208 g/mol. The predicted molar refractivity (Wildman–Crippen MR) is 59.4 cm³/mol. The van der Waals surface area contributed by atoms with Crippen molar-refractivity contribution in [2.75, 3.05) is 7.05 Å². The molecule has 6 nitrogen and oxygen atoms in total. The van der Waals surface area contributed by atoms with Crippen LogP contribution in [-0.4, -0.2) is 41.6 Å². The number of fused-ring (bicyclic) bond motifs is 1. The number of carbonyl (C=O) groups excluding carboxylic acids is 2. The van der Waals surface area contributed by atoms with E-state index in [2.05, 4.69) is 15.3 Å². The largest absolute Gasteiger partial charge is 0.326 e. The van der Waals surface area contributed by atoms with E-state index in [1.807, 2.05) is 13.8 Å². The molecule has 2 rings (SSSR count). The van der Waals surface area contributed by atoms with Gasteiger partial charge in [-0.3, -0.25) is 9.69 Å². The molecule has 0 aromatic heterocycles. The van der Waals surface area contributed by atoms with Crippen molar-refractivity contribution in [1.82, 2.24) is 10.2 Å². The van der Waals surface area contributed by atoms with Gasteiger partial charge in [0.25, 0.3) is 5.91 Å². The Kier molecular flexibility index (Phi) is 2.29. The van der Waals surface area contributed by atoms with E-state index in [9.17, 15) is 9.59 Å². The predicted octanol–water partition coefficient (Wildman–Crippen LogP) is 0.393. The quantitative estimate of drug-likeness (QED) is 0.734. The van der Waals surface area contributed by atoms with E-state index in [1.165, 1.54) is 13.4 Å². The molecule has 2 aliphatic rings. The van der Waals surface area contributed by atoms with Crippen molar-refractivity contribution < 1.29 is 9.59 Å². The summed E-state index contributed by atoms with van der Waals surface area (Å²) < 4.78 is 0. The van der Waals surface area contributed by atoms with Gasteiger partial charge in [-0.25, -0.2) is 14.8 Å². The van der Waals surface area contributed by atoms with Crippen molar-refractivity contribution in [3.05, 3.63) is 0 Å². The van der Waals surface area contributed by atoms with E-state index in [0.29, 0.717) is 18.1 Å². The van der Waals surface area contributed by atoms with Crippen LogP contribution >= 0.6 is 0 Å². The lowest BCUT2D eigenvalue weighted by Crippen LogP contribution is -2.65. The van der Waals surface area contributed by atoms with Gasteiger partial charge in [-0.1, -0.05) is 13.8 Å². The molecule has 1 fully saturated rings. The second kappa shape index (κ2) is 3.40. The zero-order valence-electron chi connectivity index (χ0n) is 9.52. The Morgan fingerprint density at radius 1 is 1.50 bits per heavy atom. The zero-order chi connectivity index (χ0) is 11.9. The third kappa shape index (κ3) is 1.41. The average Bonchev–Trinajstić information content (AvgIpc) is 2.57. The molecule has 0 aromatic carbocycles. The second-order valence-corrected chi connectivity index (χ2v) is 4.47. The van der Waals surface area contributed by atoms with E-state index in [1.54, 1.807) is 0 Å². The topological polar surface area (TPSA) is 74.1 Å². The molecule has 6 heteroatoms. The van der Waals surface area contributed by atoms with Gasteiger partial charge >= 0.3 is 6.03 Å². The van der Waals surface area contributed by atoms with Crippen LogP contribution in [0.3, 0.4) is 0 Å². The second-order valence-electron chi connectivity index (χ2n) is 4.47. The number of rotatable bonds is 2. The van der Waals surface area contributed by atoms with Crippen LogP contribution in [0.4, 0.5) is 4.79 Å². The first-order valence-corrected chi connectivity index (χ1v) is 5.18. The highest BCUT2D eigenvalue weighted by molar-refractivity contribution is 6.47. The lowest BCUT2D eigenvalue weighted by molar-refractivity contribution is -0.121. The van der Waals surface area contributed by atoms with Crippen molar-refractivity contribution in [3.8, 4) is 0 Å². The normalized spacial score (nSPS) is 28.2. The summed E-state index contributed by atoms with van der Waals surface area (Å²) in [4.78, 5) is 32.6. The number of amides is 3. The van der Waals surface area contributed by atoms with E-state index < -0.39 is 11.7 Å². The minimum absolute atomic E-state index is 0.303. The smallest absolute Gasteiger partial charge is 0.308 e. The number of nitrogens with one attached hydrogen (secondary N) is 1. The van der Waals surface area contributed by atoms with E-state index >= 15 is 0 Å². The van der Waals surface area contributed by atoms with Gasteiger partial charge in [0.1, 0.15) is 6.34 Å². The number of aliphatic imine (C=N–C) groups is 2. The molecule has 2 heterocycles. The van der Waals surface area contributed by atoms with Crippen molar-refractivity contribution in [1.29, 1.82) is 0 Å². The van der Waals surface area contributed by atoms with Gasteiger partial charge in [0.15, 0.2) is 11.4 Å². The molecule has 16 heavy (non-hydrogen) atoms. The van der Waals surface area contributed by atoms with Gasteiger partial charge in [-0.2, -0.15) is 0 Å². The molecular formula is C10H14N4O2. The summed E-state index contributed by atoms with van der Waals surface area (Å²) in [5.41, 5.74) is -0.627. The highest BCUT2D eigenvalue weighted by Gasteiger charge is 2.49. The van der Waals surface area contributed by atoms with Crippen LogP contribution in [0.1, 0.15) is 20.3 Å². The first-order valence-electron chi connectivity index (χ1n) is 5.18. The lowest BCUT2D eigenvalue weighted by Gasteiger charge is -2.36. The van der Waals surface area contributed by atoms with Crippen LogP contribution < -0.4 is 5.32 Å². The summed E-state index contributed by atoms with van der Waals surface area (Å²) in [5, 5.41) is 2.74. The molecule has 1 atom stereocenters. The van der Waals surface area contributed by atoms with E-state index in [4.69, 9.17) is 0 Å². The Bertz CT molecular complexity index is 413. The van der Waals surface area contributed by atoms with E-state index in [0.717, 1.165) is 4.90 Å². The fraction of sp³-hybridized carbons (Fsp3) is 0.600. The molecule has 0 spiro atoms. The van der Waals surface area contributed by atoms with Gasteiger partial charge in [-0.05, 0) is 12.3 Å². The summed E-state index contributed by atoms with van der Waals surface area (Å²) in [6.07, 6.45) is 1.92. The standard InChI is InChI=1S/C10H14N4O2/c1-6(2)4-10-7(11-5-12-10)8(15)14(3)9(16)13-10/h5-6H,4H2,1-3H3,(H,13,16). The third-order valence-corrected chi connectivity index (χ3v) is 2.69. The summed E-state index contributed by atoms with van der Waals surface area (Å²) in [5.74, 6) is -0.0705.